The number of rotatable bonds is 8. The number of carbonyl (C=O) groups excluding carboxylic acids is 1. The molecule has 1 unspecified atom stereocenters. The highest BCUT2D eigenvalue weighted by molar-refractivity contribution is 7.98. The summed E-state index contributed by atoms with van der Waals surface area (Å²) in [5.41, 5.74) is 8.77. The van der Waals surface area contributed by atoms with E-state index in [0.29, 0.717) is 6.54 Å². The molecule has 130 valence electrons. The number of nitrogens with zero attached hydrogens (tertiary/aromatic N) is 1. The van der Waals surface area contributed by atoms with Crippen LogP contribution in [0.25, 0.3) is 0 Å². The summed E-state index contributed by atoms with van der Waals surface area (Å²) in [6.07, 6.45) is 4.88. The van der Waals surface area contributed by atoms with E-state index in [2.05, 4.69) is 34.5 Å². The predicted molar refractivity (Wildman–Crippen MR) is 101 cm³/mol. The fraction of sp³-hybridized carbons (Fsp3) is 0.588. The first-order valence-corrected chi connectivity index (χ1v) is 9.41. The smallest absolute Gasteiger partial charge is 0.236 e. The molecule has 1 aliphatic heterocycles. The van der Waals surface area contributed by atoms with Crippen molar-refractivity contribution in [3.63, 3.8) is 0 Å². The second kappa shape index (κ2) is 10.9. The number of carbonyl (C=O) groups is 1. The van der Waals surface area contributed by atoms with Gasteiger partial charge in [0.05, 0.1) is 6.04 Å². The quantitative estimate of drug-likeness (QED) is 0.699. The summed E-state index contributed by atoms with van der Waals surface area (Å²) in [6, 6.07) is 8.30. The lowest BCUT2D eigenvalue weighted by molar-refractivity contribution is -0.122. The first-order chi connectivity index (χ1) is 10.7. The maximum Gasteiger partial charge on any atom is 0.236 e. The first-order valence-electron chi connectivity index (χ1n) is 8.02. The fourth-order valence-corrected chi connectivity index (χ4v) is 3.26. The third-order valence-electron chi connectivity index (χ3n) is 4.13. The molecular formula is C17H28ClN3OS. The van der Waals surface area contributed by atoms with Crippen LogP contribution in [0.3, 0.4) is 0 Å². The fourth-order valence-electron chi connectivity index (χ4n) is 2.77. The van der Waals surface area contributed by atoms with E-state index in [1.807, 2.05) is 6.26 Å². The zero-order valence-electron chi connectivity index (χ0n) is 13.8. The average molecular weight is 358 g/mol. The van der Waals surface area contributed by atoms with Crippen LogP contribution in [0.4, 0.5) is 0 Å². The number of benzene rings is 1. The molecule has 0 saturated carbocycles. The Morgan fingerprint density at radius 1 is 1.39 bits per heavy atom. The minimum absolute atomic E-state index is 0. The second-order valence-corrected chi connectivity index (χ2v) is 6.81. The number of hydrogen-bond donors (Lipinski definition) is 2. The molecular weight excluding hydrogens is 330 g/mol. The van der Waals surface area contributed by atoms with Crippen molar-refractivity contribution in [1.82, 2.24) is 10.2 Å². The standard InChI is InChI=1S/C17H27N3OS.ClH/c1-22-12-8-16(18)17(21)19-9-4-10-20-11-7-14-5-2-3-6-15(14)13-20;/h2-3,5-6,16H,4,7-13,18H2,1H3,(H,19,21);1H. The Kier molecular flexibility index (Phi) is 9.63. The van der Waals surface area contributed by atoms with E-state index in [1.54, 1.807) is 11.8 Å². The lowest BCUT2D eigenvalue weighted by atomic mass is 10.00. The van der Waals surface area contributed by atoms with Crippen molar-refractivity contribution in [2.24, 2.45) is 5.73 Å². The number of nitrogens with two attached hydrogens (primary N) is 1. The normalized spacial score (nSPS) is 15.4. The minimum atomic E-state index is -0.366. The van der Waals surface area contributed by atoms with Crippen molar-refractivity contribution < 1.29 is 4.79 Å². The first kappa shape index (κ1) is 20.3. The molecule has 2 rings (SSSR count). The summed E-state index contributed by atoms with van der Waals surface area (Å²) in [4.78, 5) is 14.3. The Balaban J connectivity index is 0.00000264. The molecule has 0 radical (unpaired) electrons. The average Bonchev–Trinajstić information content (AvgIpc) is 2.56. The molecule has 1 heterocycles. The number of hydrogen-bond acceptors (Lipinski definition) is 4. The van der Waals surface area contributed by atoms with Gasteiger partial charge in [0, 0.05) is 26.2 Å². The highest BCUT2D eigenvalue weighted by Gasteiger charge is 2.15. The molecule has 1 atom stereocenters. The summed E-state index contributed by atoms with van der Waals surface area (Å²) in [5.74, 6) is 0.917. The summed E-state index contributed by atoms with van der Waals surface area (Å²) in [5, 5.41) is 2.95. The van der Waals surface area contributed by atoms with Gasteiger partial charge in [-0.15, -0.1) is 12.4 Å². The number of thioether (sulfide) groups is 1. The number of fused-ring (bicyclic) bond motifs is 1. The lowest BCUT2D eigenvalue weighted by Gasteiger charge is -2.28. The second-order valence-electron chi connectivity index (χ2n) is 5.83. The molecule has 0 fully saturated rings. The Hall–Kier alpha value is -0.750. The van der Waals surface area contributed by atoms with Crippen molar-refractivity contribution in [2.45, 2.75) is 31.8 Å². The number of nitrogens with one attached hydrogen (secondary N) is 1. The zero-order valence-corrected chi connectivity index (χ0v) is 15.4. The van der Waals surface area contributed by atoms with Crippen LogP contribution < -0.4 is 11.1 Å². The highest BCUT2D eigenvalue weighted by atomic mass is 35.5. The van der Waals surface area contributed by atoms with Crippen molar-refractivity contribution in [3.8, 4) is 0 Å². The van der Waals surface area contributed by atoms with Gasteiger partial charge in [0.25, 0.3) is 0 Å². The molecule has 0 saturated heterocycles. The number of amides is 1. The van der Waals surface area contributed by atoms with Gasteiger partial charge in [0.2, 0.25) is 5.91 Å². The molecule has 0 aliphatic carbocycles. The van der Waals surface area contributed by atoms with Crippen LogP contribution >= 0.6 is 24.2 Å². The van der Waals surface area contributed by atoms with Crippen molar-refractivity contribution in [3.05, 3.63) is 35.4 Å². The van der Waals surface area contributed by atoms with Crippen LogP contribution in [0.1, 0.15) is 24.0 Å². The summed E-state index contributed by atoms with van der Waals surface area (Å²) >= 11 is 1.72. The van der Waals surface area contributed by atoms with Gasteiger partial charge in [0.15, 0.2) is 0 Å². The lowest BCUT2D eigenvalue weighted by Crippen LogP contribution is -2.42. The van der Waals surface area contributed by atoms with Crippen molar-refractivity contribution in [2.75, 3.05) is 31.6 Å². The van der Waals surface area contributed by atoms with Crippen molar-refractivity contribution >= 4 is 30.1 Å². The Morgan fingerprint density at radius 2 is 2.13 bits per heavy atom. The summed E-state index contributed by atoms with van der Waals surface area (Å²) in [6.45, 7) is 3.87. The highest BCUT2D eigenvalue weighted by Crippen LogP contribution is 2.18. The van der Waals surface area contributed by atoms with Gasteiger partial charge in [-0.3, -0.25) is 9.69 Å². The van der Waals surface area contributed by atoms with Gasteiger partial charge in [-0.25, -0.2) is 0 Å². The molecule has 4 nitrogen and oxygen atoms in total. The molecule has 1 aliphatic rings. The van der Waals surface area contributed by atoms with Gasteiger partial charge in [-0.05, 0) is 42.4 Å². The molecule has 0 spiro atoms. The van der Waals surface area contributed by atoms with E-state index >= 15 is 0 Å². The maximum atomic E-state index is 11.8. The van der Waals surface area contributed by atoms with Gasteiger partial charge in [-0.1, -0.05) is 24.3 Å². The SMILES string of the molecule is CSCCC(N)C(=O)NCCCN1CCc2ccccc2C1.Cl. The topological polar surface area (TPSA) is 58.4 Å². The van der Waals surface area contributed by atoms with Gasteiger partial charge in [0.1, 0.15) is 0 Å². The van der Waals surface area contributed by atoms with E-state index in [0.717, 1.165) is 44.6 Å². The van der Waals surface area contributed by atoms with E-state index in [9.17, 15) is 4.79 Å². The van der Waals surface area contributed by atoms with Crippen LogP contribution in [0.15, 0.2) is 24.3 Å². The molecule has 0 bridgehead atoms. The molecule has 1 aromatic rings. The summed E-state index contributed by atoms with van der Waals surface area (Å²) in [7, 11) is 0. The third kappa shape index (κ3) is 6.71. The minimum Gasteiger partial charge on any atom is -0.355 e. The maximum absolute atomic E-state index is 11.8. The Bertz CT molecular complexity index is 487. The molecule has 1 aromatic carbocycles. The molecule has 6 heteroatoms. The molecule has 0 aromatic heterocycles. The summed E-state index contributed by atoms with van der Waals surface area (Å²) < 4.78 is 0. The van der Waals surface area contributed by atoms with Gasteiger partial charge in [-0.2, -0.15) is 11.8 Å². The van der Waals surface area contributed by atoms with Crippen LogP contribution in [0.5, 0.6) is 0 Å². The van der Waals surface area contributed by atoms with Crippen LogP contribution in [-0.4, -0.2) is 48.5 Å². The van der Waals surface area contributed by atoms with Gasteiger partial charge >= 0.3 is 0 Å². The largest absolute Gasteiger partial charge is 0.355 e. The molecule has 1 amide bonds. The molecule has 23 heavy (non-hydrogen) atoms. The van der Waals surface area contributed by atoms with Crippen LogP contribution in [-0.2, 0) is 17.8 Å². The Labute approximate surface area is 150 Å². The predicted octanol–water partition coefficient (Wildman–Crippen LogP) is 2.05. The van der Waals surface area contributed by atoms with Gasteiger partial charge < -0.3 is 11.1 Å². The van der Waals surface area contributed by atoms with E-state index < -0.39 is 0 Å². The Morgan fingerprint density at radius 3 is 2.87 bits per heavy atom. The zero-order chi connectivity index (χ0) is 15.8. The van der Waals surface area contributed by atoms with Crippen molar-refractivity contribution in [1.29, 1.82) is 0 Å². The molecule has 3 N–H and O–H groups in total. The van der Waals surface area contributed by atoms with E-state index in [-0.39, 0.29) is 24.4 Å². The number of halogens is 1. The third-order valence-corrected chi connectivity index (χ3v) is 4.77. The van der Waals surface area contributed by atoms with E-state index in [1.165, 1.54) is 11.1 Å². The monoisotopic (exact) mass is 357 g/mol. The van der Waals surface area contributed by atoms with E-state index in [4.69, 9.17) is 5.73 Å². The van der Waals surface area contributed by atoms with Crippen LogP contribution in [0, 0.1) is 0 Å². The van der Waals surface area contributed by atoms with Crippen LogP contribution in [0.2, 0.25) is 0 Å².